The van der Waals surface area contributed by atoms with Gasteiger partial charge in [-0.25, -0.2) is 0 Å². The first-order valence-corrected chi connectivity index (χ1v) is 6.29. The van der Waals surface area contributed by atoms with Crippen LogP contribution in [0, 0.1) is 7.14 Å². The van der Waals surface area contributed by atoms with Gasteiger partial charge < -0.3 is 4.98 Å². The number of nitrogens with one attached hydrogen (secondary N) is 1. The molecule has 0 aliphatic carbocycles. The standard InChI is InChI=1S/C9H4ClI2NO/c10-4-1-5-8(6(11)2-4)13-3-7(12)9(5)14/h1-3H,(H,13,14). The maximum Gasteiger partial charge on any atom is 0.202 e. The van der Waals surface area contributed by atoms with E-state index in [0.29, 0.717) is 14.0 Å². The first kappa shape index (κ1) is 10.7. The molecular formula is C9H4ClI2NO. The van der Waals surface area contributed by atoms with Gasteiger partial charge in [-0.05, 0) is 57.3 Å². The van der Waals surface area contributed by atoms with Crippen molar-refractivity contribution >= 4 is 67.7 Å². The minimum absolute atomic E-state index is 0.0276. The molecule has 0 spiro atoms. The molecule has 14 heavy (non-hydrogen) atoms. The Morgan fingerprint density at radius 2 is 1.93 bits per heavy atom. The highest BCUT2D eigenvalue weighted by atomic mass is 127. The maximum absolute atomic E-state index is 11.7. The first-order valence-electron chi connectivity index (χ1n) is 3.75. The van der Waals surface area contributed by atoms with Crippen molar-refractivity contribution in [3.63, 3.8) is 0 Å². The van der Waals surface area contributed by atoms with Crippen LogP contribution in [0.2, 0.25) is 5.02 Å². The minimum atomic E-state index is 0.0276. The molecule has 1 aromatic heterocycles. The Bertz CT molecular complexity index is 564. The van der Waals surface area contributed by atoms with E-state index in [1.807, 2.05) is 28.7 Å². The van der Waals surface area contributed by atoms with Crippen LogP contribution in [0.15, 0.2) is 23.1 Å². The number of aromatic amines is 1. The number of benzene rings is 1. The molecule has 0 saturated heterocycles. The topological polar surface area (TPSA) is 32.9 Å². The van der Waals surface area contributed by atoms with Crippen molar-refractivity contribution in [1.82, 2.24) is 4.98 Å². The van der Waals surface area contributed by atoms with Crippen LogP contribution in [0.25, 0.3) is 10.9 Å². The van der Waals surface area contributed by atoms with Crippen molar-refractivity contribution in [3.05, 3.63) is 40.7 Å². The average Bonchev–Trinajstić information content (AvgIpc) is 2.12. The van der Waals surface area contributed by atoms with Gasteiger partial charge in [0.25, 0.3) is 0 Å². The lowest BCUT2D eigenvalue weighted by molar-refractivity contribution is 1.35. The molecule has 2 rings (SSSR count). The molecule has 5 heteroatoms. The summed E-state index contributed by atoms with van der Waals surface area (Å²) in [4.78, 5) is 14.8. The van der Waals surface area contributed by atoms with Gasteiger partial charge in [-0.3, -0.25) is 4.79 Å². The average molecular weight is 431 g/mol. The second-order valence-corrected chi connectivity index (χ2v) is 5.54. The quantitative estimate of drug-likeness (QED) is 0.638. The van der Waals surface area contributed by atoms with Gasteiger partial charge in [0.15, 0.2) is 0 Å². The summed E-state index contributed by atoms with van der Waals surface area (Å²) in [5.74, 6) is 0. The molecular weight excluding hydrogens is 427 g/mol. The summed E-state index contributed by atoms with van der Waals surface area (Å²) >= 11 is 10.0. The lowest BCUT2D eigenvalue weighted by Crippen LogP contribution is -2.06. The predicted molar refractivity (Wildman–Crippen MR) is 75.0 cm³/mol. The van der Waals surface area contributed by atoms with E-state index in [9.17, 15) is 4.79 Å². The summed E-state index contributed by atoms with van der Waals surface area (Å²) in [6.07, 6.45) is 1.71. The van der Waals surface area contributed by atoms with Crippen molar-refractivity contribution in [2.75, 3.05) is 0 Å². The lowest BCUT2D eigenvalue weighted by Gasteiger charge is -2.01. The van der Waals surface area contributed by atoms with Crippen LogP contribution in [0.4, 0.5) is 0 Å². The first-order chi connectivity index (χ1) is 6.59. The van der Waals surface area contributed by atoms with Crippen LogP contribution in [0.3, 0.4) is 0 Å². The number of H-pyrrole nitrogens is 1. The van der Waals surface area contributed by atoms with Crippen LogP contribution in [-0.4, -0.2) is 4.98 Å². The lowest BCUT2D eigenvalue weighted by atomic mass is 10.2. The van der Waals surface area contributed by atoms with E-state index in [-0.39, 0.29) is 5.43 Å². The molecule has 1 N–H and O–H groups in total. The summed E-state index contributed by atoms with van der Waals surface area (Å²) in [7, 11) is 0. The zero-order chi connectivity index (χ0) is 10.3. The highest BCUT2D eigenvalue weighted by Crippen LogP contribution is 2.22. The fourth-order valence-corrected chi connectivity index (χ4v) is 2.86. The molecule has 72 valence electrons. The van der Waals surface area contributed by atoms with Gasteiger partial charge in [-0.15, -0.1) is 0 Å². The van der Waals surface area contributed by atoms with E-state index in [4.69, 9.17) is 11.6 Å². The molecule has 0 amide bonds. The minimum Gasteiger partial charge on any atom is -0.359 e. The van der Waals surface area contributed by atoms with E-state index in [1.165, 1.54) is 0 Å². The zero-order valence-electron chi connectivity index (χ0n) is 6.77. The van der Waals surface area contributed by atoms with Gasteiger partial charge in [0.1, 0.15) is 0 Å². The van der Waals surface area contributed by atoms with Crippen LogP contribution < -0.4 is 5.43 Å². The molecule has 2 aromatic rings. The van der Waals surface area contributed by atoms with Gasteiger partial charge in [0.2, 0.25) is 5.43 Å². The Morgan fingerprint density at radius 1 is 1.21 bits per heavy atom. The molecule has 0 saturated carbocycles. The fraction of sp³-hybridized carbons (Fsp3) is 0. The normalized spacial score (nSPS) is 10.8. The number of pyridine rings is 1. The summed E-state index contributed by atoms with van der Waals surface area (Å²) in [5.41, 5.74) is 0.875. The van der Waals surface area contributed by atoms with Gasteiger partial charge >= 0.3 is 0 Å². The Labute approximate surface area is 112 Å². The van der Waals surface area contributed by atoms with E-state index >= 15 is 0 Å². The molecule has 0 bridgehead atoms. The highest BCUT2D eigenvalue weighted by molar-refractivity contribution is 14.1. The zero-order valence-corrected chi connectivity index (χ0v) is 11.8. The van der Waals surface area contributed by atoms with Crippen molar-refractivity contribution in [2.45, 2.75) is 0 Å². The monoisotopic (exact) mass is 431 g/mol. The van der Waals surface area contributed by atoms with E-state index in [0.717, 1.165) is 9.09 Å². The Kier molecular flexibility index (Phi) is 3.03. The van der Waals surface area contributed by atoms with Crippen molar-refractivity contribution in [3.8, 4) is 0 Å². The van der Waals surface area contributed by atoms with Crippen LogP contribution in [-0.2, 0) is 0 Å². The molecule has 2 nitrogen and oxygen atoms in total. The Balaban J connectivity index is 3.03. The molecule has 0 aliphatic rings. The third-order valence-electron chi connectivity index (χ3n) is 1.86. The molecule has 1 heterocycles. The van der Waals surface area contributed by atoms with Crippen molar-refractivity contribution in [2.24, 2.45) is 0 Å². The molecule has 0 aliphatic heterocycles. The Morgan fingerprint density at radius 3 is 2.64 bits per heavy atom. The molecule has 0 radical (unpaired) electrons. The second kappa shape index (κ2) is 3.97. The molecule has 0 unspecified atom stereocenters. The fourth-order valence-electron chi connectivity index (χ4n) is 1.23. The predicted octanol–water partition coefficient (Wildman–Crippen LogP) is 3.39. The molecule has 0 atom stereocenters. The number of hydrogen-bond acceptors (Lipinski definition) is 1. The van der Waals surface area contributed by atoms with E-state index in [1.54, 1.807) is 12.3 Å². The summed E-state index contributed by atoms with van der Waals surface area (Å²) in [6.45, 7) is 0. The molecule has 0 fully saturated rings. The maximum atomic E-state index is 11.7. The largest absolute Gasteiger partial charge is 0.359 e. The summed E-state index contributed by atoms with van der Waals surface area (Å²) in [5, 5.41) is 1.24. The van der Waals surface area contributed by atoms with Gasteiger partial charge in [-0.1, -0.05) is 11.6 Å². The van der Waals surface area contributed by atoms with Crippen LogP contribution >= 0.6 is 56.8 Å². The SMILES string of the molecule is O=c1c(I)c[nH]c2c(I)cc(Cl)cc12. The van der Waals surface area contributed by atoms with Crippen molar-refractivity contribution < 1.29 is 0 Å². The van der Waals surface area contributed by atoms with Crippen molar-refractivity contribution in [1.29, 1.82) is 0 Å². The van der Waals surface area contributed by atoms with E-state index < -0.39 is 0 Å². The second-order valence-electron chi connectivity index (χ2n) is 2.78. The number of hydrogen-bond donors (Lipinski definition) is 1. The van der Waals surface area contributed by atoms with Gasteiger partial charge in [-0.2, -0.15) is 0 Å². The molecule has 1 aromatic carbocycles. The Hall–Kier alpha value is 0.180. The third-order valence-corrected chi connectivity index (χ3v) is 3.73. The summed E-state index contributed by atoms with van der Waals surface area (Å²) in [6, 6.07) is 3.52. The summed E-state index contributed by atoms with van der Waals surface area (Å²) < 4.78 is 1.63. The number of rotatable bonds is 0. The number of halogens is 3. The number of fused-ring (bicyclic) bond motifs is 1. The third kappa shape index (κ3) is 1.79. The number of aromatic nitrogens is 1. The highest BCUT2D eigenvalue weighted by Gasteiger charge is 2.06. The van der Waals surface area contributed by atoms with Gasteiger partial charge in [0.05, 0.1) is 9.09 Å². The van der Waals surface area contributed by atoms with Gasteiger partial charge in [0, 0.05) is 20.2 Å². The van der Waals surface area contributed by atoms with Crippen LogP contribution in [0.5, 0.6) is 0 Å². The van der Waals surface area contributed by atoms with Crippen LogP contribution in [0.1, 0.15) is 0 Å². The smallest absolute Gasteiger partial charge is 0.202 e. The van der Waals surface area contributed by atoms with E-state index in [2.05, 4.69) is 27.6 Å².